The van der Waals surface area contributed by atoms with Crippen LogP contribution in [0, 0.1) is 0 Å². The molecule has 10 heteroatoms. The number of hydrogen-bond donors (Lipinski definition) is 2. The van der Waals surface area contributed by atoms with Crippen molar-refractivity contribution in [1.82, 2.24) is 15.0 Å². The SMILES string of the molecule is CN(NC(=O)c1cccn(Cc2cccc(C(F)(F)F)c2)c1=O)C(N)=S. The highest BCUT2D eigenvalue weighted by molar-refractivity contribution is 7.80. The smallest absolute Gasteiger partial charge is 0.375 e. The van der Waals surface area contributed by atoms with E-state index in [2.05, 4.69) is 17.6 Å². The number of halogens is 3. The van der Waals surface area contributed by atoms with Gasteiger partial charge in [0.1, 0.15) is 5.56 Å². The van der Waals surface area contributed by atoms with Crippen molar-refractivity contribution in [2.75, 3.05) is 7.05 Å². The molecule has 1 aromatic heterocycles. The van der Waals surface area contributed by atoms with Crippen LogP contribution in [0.5, 0.6) is 0 Å². The largest absolute Gasteiger partial charge is 0.416 e. The van der Waals surface area contributed by atoms with Crippen LogP contribution in [0.1, 0.15) is 21.5 Å². The van der Waals surface area contributed by atoms with Crippen LogP contribution in [0.3, 0.4) is 0 Å². The monoisotopic (exact) mass is 384 g/mol. The van der Waals surface area contributed by atoms with Gasteiger partial charge in [0.05, 0.1) is 12.1 Å². The van der Waals surface area contributed by atoms with E-state index in [0.29, 0.717) is 0 Å². The first kappa shape index (κ1) is 19.4. The van der Waals surface area contributed by atoms with Crippen LogP contribution in [0.15, 0.2) is 47.4 Å². The van der Waals surface area contributed by atoms with E-state index in [1.807, 2.05) is 0 Å². The van der Waals surface area contributed by atoms with Gasteiger partial charge in [0.25, 0.3) is 11.5 Å². The first-order chi connectivity index (χ1) is 12.1. The van der Waals surface area contributed by atoms with Crippen molar-refractivity contribution in [2.45, 2.75) is 12.7 Å². The van der Waals surface area contributed by atoms with Gasteiger partial charge in [-0.15, -0.1) is 0 Å². The summed E-state index contributed by atoms with van der Waals surface area (Å²) in [5, 5.41) is 0.972. The van der Waals surface area contributed by atoms with Crippen molar-refractivity contribution >= 4 is 23.2 Å². The van der Waals surface area contributed by atoms with Crippen LogP contribution >= 0.6 is 12.2 Å². The Kier molecular flexibility index (Phi) is 5.66. The van der Waals surface area contributed by atoms with Crippen molar-refractivity contribution in [3.8, 4) is 0 Å². The van der Waals surface area contributed by atoms with Crippen molar-refractivity contribution in [3.63, 3.8) is 0 Å². The Morgan fingerprint density at radius 2 is 2.00 bits per heavy atom. The number of nitrogens with two attached hydrogens (primary N) is 1. The van der Waals surface area contributed by atoms with E-state index in [9.17, 15) is 22.8 Å². The number of rotatable bonds is 3. The zero-order valence-electron chi connectivity index (χ0n) is 13.6. The van der Waals surface area contributed by atoms with Gasteiger partial charge in [-0.25, -0.2) is 0 Å². The van der Waals surface area contributed by atoms with Crippen LogP contribution in [-0.4, -0.2) is 27.6 Å². The van der Waals surface area contributed by atoms with E-state index >= 15 is 0 Å². The van der Waals surface area contributed by atoms with E-state index in [1.165, 1.54) is 37.5 Å². The molecule has 26 heavy (non-hydrogen) atoms. The highest BCUT2D eigenvalue weighted by atomic mass is 32.1. The van der Waals surface area contributed by atoms with Crippen LogP contribution in [0.4, 0.5) is 13.2 Å². The molecule has 1 amide bonds. The molecule has 0 fully saturated rings. The summed E-state index contributed by atoms with van der Waals surface area (Å²) in [6.07, 6.45) is -3.09. The van der Waals surface area contributed by atoms with Crippen molar-refractivity contribution in [2.24, 2.45) is 5.73 Å². The molecule has 0 unspecified atom stereocenters. The lowest BCUT2D eigenvalue weighted by molar-refractivity contribution is -0.137. The second-order valence-corrected chi connectivity index (χ2v) is 5.81. The lowest BCUT2D eigenvalue weighted by Crippen LogP contribution is -2.47. The minimum absolute atomic E-state index is 0.0985. The first-order valence-electron chi connectivity index (χ1n) is 7.29. The Morgan fingerprint density at radius 1 is 1.31 bits per heavy atom. The highest BCUT2D eigenvalue weighted by Crippen LogP contribution is 2.29. The Hall–Kier alpha value is -2.88. The number of nitrogens with one attached hydrogen (secondary N) is 1. The predicted molar refractivity (Wildman–Crippen MR) is 93.3 cm³/mol. The van der Waals surface area contributed by atoms with E-state index in [0.717, 1.165) is 21.7 Å². The van der Waals surface area contributed by atoms with Gasteiger partial charge in [-0.2, -0.15) is 13.2 Å². The van der Waals surface area contributed by atoms with Crippen LogP contribution in [0.2, 0.25) is 0 Å². The number of pyridine rings is 1. The fourth-order valence-electron chi connectivity index (χ4n) is 2.14. The van der Waals surface area contributed by atoms with Gasteiger partial charge in [-0.05, 0) is 42.0 Å². The number of hydrazine groups is 1. The maximum atomic E-state index is 12.8. The molecule has 2 rings (SSSR count). The molecule has 6 nitrogen and oxygen atoms in total. The van der Waals surface area contributed by atoms with Crippen molar-refractivity contribution < 1.29 is 18.0 Å². The second kappa shape index (κ2) is 7.56. The van der Waals surface area contributed by atoms with Gasteiger partial charge in [0, 0.05) is 13.2 Å². The van der Waals surface area contributed by atoms with Gasteiger partial charge in [0.2, 0.25) is 0 Å². The van der Waals surface area contributed by atoms with Crippen LogP contribution < -0.4 is 16.7 Å². The average molecular weight is 384 g/mol. The highest BCUT2D eigenvalue weighted by Gasteiger charge is 2.30. The Morgan fingerprint density at radius 3 is 2.62 bits per heavy atom. The number of hydrogen-bond acceptors (Lipinski definition) is 3. The minimum atomic E-state index is -4.48. The number of alkyl halides is 3. The molecule has 1 heterocycles. The van der Waals surface area contributed by atoms with E-state index in [-0.39, 0.29) is 22.8 Å². The molecule has 2 aromatic rings. The second-order valence-electron chi connectivity index (χ2n) is 5.39. The molecule has 138 valence electrons. The molecule has 0 atom stereocenters. The number of carbonyl (C=O) groups is 1. The van der Waals surface area contributed by atoms with Crippen LogP contribution in [-0.2, 0) is 12.7 Å². The molecular formula is C16H15F3N4O2S. The summed E-state index contributed by atoms with van der Waals surface area (Å²) in [5.74, 6) is -0.733. The summed E-state index contributed by atoms with van der Waals surface area (Å²) < 4.78 is 39.5. The third kappa shape index (κ3) is 4.60. The lowest BCUT2D eigenvalue weighted by Gasteiger charge is -2.17. The number of nitrogens with zero attached hydrogens (tertiary/aromatic N) is 2. The van der Waals surface area contributed by atoms with E-state index < -0.39 is 23.2 Å². The Labute approximate surface area is 152 Å². The maximum Gasteiger partial charge on any atom is 0.416 e. The molecule has 0 spiro atoms. The van der Waals surface area contributed by atoms with Crippen molar-refractivity contribution in [3.05, 3.63) is 69.6 Å². The van der Waals surface area contributed by atoms with Gasteiger partial charge >= 0.3 is 6.18 Å². The number of thiocarbonyl (C=S) groups is 1. The van der Waals surface area contributed by atoms with Gasteiger partial charge in [-0.3, -0.25) is 20.0 Å². The summed E-state index contributed by atoms with van der Waals surface area (Å²) in [7, 11) is 1.41. The molecule has 0 aliphatic carbocycles. The Balaban J connectivity index is 2.29. The standard InChI is InChI=1S/C16H15F3N4O2S/c1-22(15(20)26)21-13(24)12-6-3-7-23(14(12)25)9-10-4-2-5-11(8-10)16(17,18)19/h2-8H,9H2,1H3,(H2,20,26)(H,21,24). The first-order valence-corrected chi connectivity index (χ1v) is 7.70. The third-order valence-corrected chi connectivity index (χ3v) is 3.75. The van der Waals surface area contributed by atoms with E-state index in [1.54, 1.807) is 0 Å². The summed E-state index contributed by atoms with van der Waals surface area (Å²) in [6, 6.07) is 7.38. The topological polar surface area (TPSA) is 80.4 Å². The molecule has 0 aliphatic heterocycles. The number of amides is 1. The van der Waals surface area contributed by atoms with Gasteiger partial charge in [0.15, 0.2) is 5.11 Å². The number of aromatic nitrogens is 1. The molecule has 0 aliphatic rings. The molecule has 1 aromatic carbocycles. The molecular weight excluding hydrogens is 369 g/mol. The van der Waals surface area contributed by atoms with Gasteiger partial charge < -0.3 is 10.3 Å². The minimum Gasteiger partial charge on any atom is -0.375 e. The molecule has 3 N–H and O–H groups in total. The molecule has 0 saturated carbocycles. The zero-order chi connectivity index (χ0) is 19.5. The number of benzene rings is 1. The normalized spacial score (nSPS) is 11.1. The summed E-state index contributed by atoms with van der Waals surface area (Å²) in [6.45, 7) is -0.116. The third-order valence-electron chi connectivity index (χ3n) is 3.47. The fourth-order valence-corrected chi connectivity index (χ4v) is 2.19. The van der Waals surface area contributed by atoms with Crippen LogP contribution in [0.25, 0.3) is 0 Å². The van der Waals surface area contributed by atoms with Gasteiger partial charge in [-0.1, -0.05) is 12.1 Å². The predicted octanol–water partition coefficient (Wildman–Crippen LogP) is 1.74. The zero-order valence-corrected chi connectivity index (χ0v) is 14.4. The Bertz CT molecular complexity index is 896. The molecule has 0 radical (unpaired) electrons. The fraction of sp³-hybridized carbons (Fsp3) is 0.188. The summed E-state index contributed by atoms with van der Waals surface area (Å²) in [4.78, 5) is 24.6. The molecule has 0 bridgehead atoms. The number of carbonyl (C=O) groups excluding carboxylic acids is 1. The maximum absolute atomic E-state index is 12.8. The summed E-state index contributed by atoms with van der Waals surface area (Å²) >= 11 is 4.69. The average Bonchev–Trinajstić information content (AvgIpc) is 2.56. The van der Waals surface area contributed by atoms with Crippen molar-refractivity contribution in [1.29, 1.82) is 0 Å². The summed E-state index contributed by atoms with van der Waals surface area (Å²) in [5.41, 5.74) is 6.29. The van der Waals surface area contributed by atoms with E-state index in [4.69, 9.17) is 5.73 Å². The lowest BCUT2D eigenvalue weighted by atomic mass is 10.1. The quantitative estimate of drug-likeness (QED) is 0.622. The molecule has 0 saturated heterocycles.